The highest BCUT2D eigenvalue weighted by Crippen LogP contribution is 2.10. The van der Waals surface area contributed by atoms with Gasteiger partial charge in [0.1, 0.15) is 0 Å². The van der Waals surface area contributed by atoms with Gasteiger partial charge in [-0.3, -0.25) is 16.0 Å². The van der Waals surface area contributed by atoms with Gasteiger partial charge in [-0.1, -0.05) is 13.3 Å². The van der Waals surface area contributed by atoms with Crippen LogP contribution in [0.2, 0.25) is 0 Å². The molecule has 0 radical (unpaired) electrons. The number of nitrogens with two attached hydrogens (primary N) is 2. The summed E-state index contributed by atoms with van der Waals surface area (Å²) < 4.78 is 29.4. The molecule has 0 spiro atoms. The molecule has 5 nitrogen and oxygen atoms in total. The minimum Gasteiger partial charge on any atom is -0.299 e. The van der Waals surface area contributed by atoms with Crippen molar-refractivity contribution < 1.29 is 13.0 Å². The van der Waals surface area contributed by atoms with Crippen molar-refractivity contribution in [3.8, 4) is 0 Å². The first-order valence-corrected chi connectivity index (χ1v) is 4.80. The maximum Gasteiger partial charge on any atom is 0.297 e. The Morgan fingerprint density at radius 1 is 1.45 bits per heavy atom. The van der Waals surface area contributed by atoms with Gasteiger partial charge in [0.15, 0.2) is 4.99 Å². The van der Waals surface area contributed by atoms with Crippen LogP contribution in [0.5, 0.6) is 0 Å². The summed E-state index contributed by atoms with van der Waals surface area (Å²) in [7, 11) is -4.32. The first kappa shape index (κ1) is 10.8. The van der Waals surface area contributed by atoms with Gasteiger partial charge in [0.2, 0.25) is 0 Å². The van der Waals surface area contributed by atoms with E-state index in [0.29, 0.717) is 6.42 Å². The number of hydrogen-bond donors (Lipinski definition) is 3. The lowest BCUT2D eigenvalue weighted by molar-refractivity contribution is 0.409. The predicted octanol–water partition coefficient (Wildman–Crippen LogP) is -0.364. The summed E-state index contributed by atoms with van der Waals surface area (Å²) >= 11 is 0. The molecule has 0 aliphatic rings. The molecule has 6 heteroatoms. The number of hydrogen-bond acceptors (Lipinski definition) is 4. The smallest absolute Gasteiger partial charge is 0.297 e. The highest BCUT2D eigenvalue weighted by Gasteiger charge is 2.33. The normalized spacial score (nSPS) is 13.5. The molecule has 0 atom stereocenters. The molecule has 0 heterocycles. The van der Waals surface area contributed by atoms with Crippen LogP contribution >= 0.6 is 0 Å². The van der Waals surface area contributed by atoms with Crippen molar-refractivity contribution in [2.45, 2.75) is 31.2 Å². The highest BCUT2D eigenvalue weighted by atomic mass is 32.2. The van der Waals surface area contributed by atoms with Gasteiger partial charge in [0, 0.05) is 0 Å². The van der Waals surface area contributed by atoms with E-state index in [2.05, 4.69) is 0 Å². The third-order valence-corrected chi connectivity index (χ3v) is 2.57. The van der Waals surface area contributed by atoms with E-state index in [9.17, 15) is 8.42 Å². The van der Waals surface area contributed by atoms with E-state index in [1.807, 2.05) is 6.92 Å². The Morgan fingerprint density at radius 3 is 2.18 bits per heavy atom. The Balaban J connectivity index is 4.24. The second kappa shape index (κ2) is 3.48. The van der Waals surface area contributed by atoms with Gasteiger partial charge in [-0.2, -0.15) is 8.42 Å². The average Bonchev–Trinajstić information content (AvgIpc) is 1.81. The van der Waals surface area contributed by atoms with Crippen LogP contribution in [0.3, 0.4) is 0 Å². The van der Waals surface area contributed by atoms with Crippen LogP contribution in [0, 0.1) is 0 Å². The first-order valence-electron chi connectivity index (χ1n) is 3.36. The SMILES string of the molecule is CCCCC(N)(N)S(=O)(=O)O. The third-order valence-electron chi connectivity index (χ3n) is 1.40. The molecule has 5 N–H and O–H groups in total. The fourth-order valence-corrected chi connectivity index (χ4v) is 0.984. The lowest BCUT2D eigenvalue weighted by atomic mass is 10.2. The van der Waals surface area contributed by atoms with E-state index in [4.69, 9.17) is 16.0 Å². The minimum absolute atomic E-state index is 0.0718. The molecular weight excluding hydrogens is 168 g/mol. The first-order chi connectivity index (χ1) is 4.81. The van der Waals surface area contributed by atoms with Crippen LogP contribution in [0.4, 0.5) is 0 Å². The van der Waals surface area contributed by atoms with Gasteiger partial charge in [-0.15, -0.1) is 0 Å². The molecule has 0 saturated carbocycles. The third kappa shape index (κ3) is 3.15. The van der Waals surface area contributed by atoms with Crippen LogP contribution in [-0.2, 0) is 10.1 Å². The van der Waals surface area contributed by atoms with E-state index in [1.165, 1.54) is 0 Å². The predicted molar refractivity (Wildman–Crippen MR) is 42.2 cm³/mol. The zero-order chi connectivity index (χ0) is 9.12. The standard InChI is InChI=1S/C5H14N2O3S/c1-2-3-4-5(6,7)11(8,9)10/h2-4,6-7H2,1H3,(H,8,9,10). The maximum absolute atomic E-state index is 10.5. The zero-order valence-electron chi connectivity index (χ0n) is 6.45. The summed E-state index contributed by atoms with van der Waals surface area (Å²) in [5, 5.41) is 0. The number of rotatable bonds is 4. The second-order valence-electron chi connectivity index (χ2n) is 2.53. The molecule has 0 aromatic carbocycles. The minimum atomic E-state index is -4.32. The molecule has 0 aliphatic carbocycles. The van der Waals surface area contributed by atoms with Crippen LogP contribution in [0.15, 0.2) is 0 Å². The molecule has 0 unspecified atom stereocenters. The molecule has 0 rings (SSSR count). The molecular formula is C5H14N2O3S. The van der Waals surface area contributed by atoms with E-state index < -0.39 is 15.1 Å². The Bertz CT molecular complexity index is 210. The summed E-state index contributed by atoms with van der Waals surface area (Å²) in [5.41, 5.74) is 10.2. The lowest BCUT2D eigenvalue weighted by Gasteiger charge is -2.19. The van der Waals surface area contributed by atoms with Crippen molar-refractivity contribution in [2.24, 2.45) is 11.5 Å². The van der Waals surface area contributed by atoms with E-state index in [1.54, 1.807) is 0 Å². The largest absolute Gasteiger partial charge is 0.299 e. The Kier molecular flexibility index (Phi) is 3.43. The zero-order valence-corrected chi connectivity index (χ0v) is 7.26. The van der Waals surface area contributed by atoms with Crippen molar-refractivity contribution in [1.82, 2.24) is 0 Å². The monoisotopic (exact) mass is 182 g/mol. The fraction of sp³-hybridized carbons (Fsp3) is 1.00. The van der Waals surface area contributed by atoms with Crippen molar-refractivity contribution in [3.63, 3.8) is 0 Å². The molecule has 0 aromatic rings. The fourth-order valence-electron chi connectivity index (χ4n) is 0.582. The van der Waals surface area contributed by atoms with E-state index in [0.717, 1.165) is 6.42 Å². The summed E-state index contributed by atoms with van der Waals surface area (Å²) in [6.45, 7) is 1.88. The molecule has 0 fully saturated rings. The van der Waals surface area contributed by atoms with Crippen LogP contribution in [0.1, 0.15) is 26.2 Å². The summed E-state index contributed by atoms with van der Waals surface area (Å²) in [6, 6.07) is 0. The Labute approximate surface area is 66.5 Å². The van der Waals surface area contributed by atoms with Gasteiger partial charge >= 0.3 is 0 Å². The Morgan fingerprint density at radius 2 is 1.91 bits per heavy atom. The van der Waals surface area contributed by atoms with Crippen molar-refractivity contribution in [1.29, 1.82) is 0 Å². The summed E-state index contributed by atoms with van der Waals surface area (Å²) in [6.07, 6.45) is 1.43. The molecule has 68 valence electrons. The van der Waals surface area contributed by atoms with Crippen molar-refractivity contribution >= 4 is 10.1 Å². The lowest BCUT2D eigenvalue weighted by Crippen LogP contribution is -2.55. The van der Waals surface area contributed by atoms with E-state index >= 15 is 0 Å². The molecule has 0 bridgehead atoms. The summed E-state index contributed by atoms with van der Waals surface area (Å²) in [5.74, 6) is 0. The Hall–Kier alpha value is -0.170. The molecule has 11 heavy (non-hydrogen) atoms. The molecule has 0 saturated heterocycles. The van der Waals surface area contributed by atoms with Gasteiger partial charge in [0.25, 0.3) is 10.1 Å². The van der Waals surface area contributed by atoms with Crippen molar-refractivity contribution in [2.75, 3.05) is 0 Å². The van der Waals surface area contributed by atoms with Crippen LogP contribution in [0.25, 0.3) is 0 Å². The van der Waals surface area contributed by atoms with E-state index in [-0.39, 0.29) is 6.42 Å². The van der Waals surface area contributed by atoms with Crippen LogP contribution in [-0.4, -0.2) is 18.0 Å². The number of unbranched alkanes of at least 4 members (excludes halogenated alkanes) is 1. The second-order valence-corrected chi connectivity index (χ2v) is 4.24. The maximum atomic E-state index is 10.5. The molecule has 0 aliphatic heterocycles. The van der Waals surface area contributed by atoms with Crippen molar-refractivity contribution in [3.05, 3.63) is 0 Å². The molecule has 0 amide bonds. The molecule has 0 aromatic heterocycles. The van der Waals surface area contributed by atoms with Gasteiger partial charge < -0.3 is 0 Å². The topological polar surface area (TPSA) is 106 Å². The quantitative estimate of drug-likeness (QED) is 0.406. The van der Waals surface area contributed by atoms with Crippen LogP contribution < -0.4 is 11.5 Å². The van der Waals surface area contributed by atoms with Gasteiger partial charge in [0.05, 0.1) is 0 Å². The highest BCUT2D eigenvalue weighted by molar-refractivity contribution is 7.87. The van der Waals surface area contributed by atoms with Gasteiger partial charge in [-0.05, 0) is 12.8 Å². The van der Waals surface area contributed by atoms with Gasteiger partial charge in [-0.25, -0.2) is 0 Å². The summed E-state index contributed by atoms with van der Waals surface area (Å²) in [4.78, 5) is -1.98. The average molecular weight is 182 g/mol.